The summed E-state index contributed by atoms with van der Waals surface area (Å²) in [5.41, 5.74) is 1.99. The van der Waals surface area contributed by atoms with Gasteiger partial charge in [-0.15, -0.1) is 0 Å². The smallest absolute Gasteiger partial charge is 0.306 e. The van der Waals surface area contributed by atoms with E-state index in [4.69, 9.17) is 4.98 Å². The quantitative estimate of drug-likeness (QED) is 0.772. The largest absolute Gasteiger partial charge is 0.481 e. The maximum absolute atomic E-state index is 13.1. The van der Waals surface area contributed by atoms with Crippen LogP contribution in [0.4, 0.5) is 5.82 Å². The highest BCUT2D eigenvalue weighted by atomic mass is 16.4. The molecule has 1 aliphatic carbocycles. The minimum atomic E-state index is -0.745. The number of aliphatic carboxylic acids is 1. The molecule has 3 atom stereocenters. The number of carbonyl (C=O) groups is 2. The standard InChI is InChI=1S/C25H33N3O3/c1-16-6-4-7-17-10-11-21(27-22(16)17)28-13-12-20(25(2,3)15-28)23(29)26-19-9-5-8-18(14-19)24(30)31/h4,6-7,10-11,18-20H,5,8-9,12-15H2,1-3H3,(H,26,29)(H,30,31)/t18-,19-,20+/m0/s1. The molecule has 6 heteroatoms. The van der Waals surface area contributed by atoms with Gasteiger partial charge in [-0.25, -0.2) is 4.98 Å². The molecule has 2 aliphatic rings. The van der Waals surface area contributed by atoms with Crippen LogP contribution < -0.4 is 10.2 Å². The van der Waals surface area contributed by atoms with E-state index in [-0.39, 0.29) is 29.2 Å². The molecule has 1 aromatic carbocycles. The van der Waals surface area contributed by atoms with Gasteiger partial charge in [0.2, 0.25) is 5.91 Å². The fraction of sp³-hybridized carbons (Fsp3) is 0.560. The third kappa shape index (κ3) is 4.53. The predicted molar refractivity (Wildman–Crippen MR) is 122 cm³/mol. The van der Waals surface area contributed by atoms with E-state index in [1.165, 1.54) is 5.56 Å². The summed E-state index contributed by atoms with van der Waals surface area (Å²) in [5.74, 6) is -0.133. The van der Waals surface area contributed by atoms with Gasteiger partial charge in [0.1, 0.15) is 5.82 Å². The normalized spacial score (nSPS) is 25.9. The molecule has 166 valence electrons. The van der Waals surface area contributed by atoms with Crippen LogP contribution in [0.1, 0.15) is 51.5 Å². The zero-order chi connectivity index (χ0) is 22.2. The Morgan fingerprint density at radius 2 is 1.97 bits per heavy atom. The highest BCUT2D eigenvalue weighted by molar-refractivity contribution is 5.83. The van der Waals surface area contributed by atoms with Crippen molar-refractivity contribution in [2.24, 2.45) is 17.3 Å². The molecule has 1 amide bonds. The fourth-order valence-corrected chi connectivity index (χ4v) is 5.35. The molecule has 31 heavy (non-hydrogen) atoms. The van der Waals surface area contributed by atoms with Crippen molar-refractivity contribution in [3.05, 3.63) is 35.9 Å². The van der Waals surface area contributed by atoms with E-state index in [9.17, 15) is 14.7 Å². The number of pyridine rings is 1. The SMILES string of the molecule is Cc1cccc2ccc(N3CC[C@H](C(=O)N[C@H]4CCC[C@H](C(=O)O)C4)C(C)(C)C3)nc12. The van der Waals surface area contributed by atoms with Gasteiger partial charge in [-0.05, 0) is 55.7 Å². The van der Waals surface area contributed by atoms with Crippen LogP contribution >= 0.6 is 0 Å². The van der Waals surface area contributed by atoms with Crippen molar-refractivity contribution in [1.82, 2.24) is 10.3 Å². The average Bonchev–Trinajstić information content (AvgIpc) is 2.73. The molecule has 2 aromatic rings. The second kappa shape index (κ2) is 8.48. The van der Waals surface area contributed by atoms with Crippen LogP contribution in [0.5, 0.6) is 0 Å². The lowest BCUT2D eigenvalue weighted by Crippen LogP contribution is -2.53. The van der Waals surface area contributed by atoms with Gasteiger partial charge in [0, 0.05) is 30.4 Å². The van der Waals surface area contributed by atoms with Crippen molar-refractivity contribution in [2.75, 3.05) is 18.0 Å². The van der Waals surface area contributed by atoms with Crippen molar-refractivity contribution in [2.45, 2.75) is 58.9 Å². The molecule has 0 unspecified atom stereocenters. The highest BCUT2D eigenvalue weighted by Gasteiger charge is 2.41. The Morgan fingerprint density at radius 1 is 1.16 bits per heavy atom. The monoisotopic (exact) mass is 423 g/mol. The molecule has 2 N–H and O–H groups in total. The van der Waals surface area contributed by atoms with Crippen LogP contribution in [0.2, 0.25) is 0 Å². The predicted octanol–water partition coefficient (Wildman–Crippen LogP) is 4.16. The molecule has 2 fully saturated rings. The molecule has 0 spiro atoms. The summed E-state index contributed by atoms with van der Waals surface area (Å²) < 4.78 is 0. The molecule has 4 rings (SSSR count). The van der Waals surface area contributed by atoms with Crippen LogP contribution in [0.25, 0.3) is 10.9 Å². The second-order valence-corrected chi connectivity index (χ2v) is 9.97. The van der Waals surface area contributed by atoms with Gasteiger partial charge in [-0.1, -0.05) is 38.5 Å². The van der Waals surface area contributed by atoms with Crippen LogP contribution in [-0.2, 0) is 9.59 Å². The molecule has 0 radical (unpaired) electrons. The van der Waals surface area contributed by atoms with Crippen LogP contribution in [0.3, 0.4) is 0 Å². The fourth-order valence-electron chi connectivity index (χ4n) is 5.35. The van der Waals surface area contributed by atoms with Crippen LogP contribution in [0.15, 0.2) is 30.3 Å². The number of carbonyl (C=O) groups excluding carboxylic acids is 1. The molecule has 1 aliphatic heterocycles. The molecule has 2 heterocycles. The van der Waals surface area contributed by atoms with E-state index in [2.05, 4.69) is 61.3 Å². The highest BCUT2D eigenvalue weighted by Crippen LogP contribution is 2.37. The molecule has 1 saturated carbocycles. The number of fused-ring (bicyclic) bond motifs is 1. The van der Waals surface area contributed by atoms with Gasteiger partial charge in [0.15, 0.2) is 0 Å². The number of hydrogen-bond acceptors (Lipinski definition) is 4. The van der Waals surface area contributed by atoms with E-state index in [1.807, 2.05) is 0 Å². The van der Waals surface area contributed by atoms with E-state index in [0.717, 1.165) is 49.1 Å². The number of hydrogen-bond donors (Lipinski definition) is 2. The number of benzene rings is 1. The van der Waals surface area contributed by atoms with Crippen LogP contribution in [-0.4, -0.2) is 41.1 Å². The second-order valence-electron chi connectivity index (χ2n) is 9.97. The zero-order valence-corrected chi connectivity index (χ0v) is 18.7. The summed E-state index contributed by atoms with van der Waals surface area (Å²) in [6.45, 7) is 7.93. The number of carboxylic acids is 1. The van der Waals surface area contributed by atoms with Gasteiger partial charge in [0.25, 0.3) is 0 Å². The number of anilines is 1. The number of aryl methyl sites for hydroxylation is 1. The van der Waals surface area contributed by atoms with Gasteiger partial charge >= 0.3 is 5.97 Å². The summed E-state index contributed by atoms with van der Waals surface area (Å²) in [4.78, 5) is 31.7. The minimum Gasteiger partial charge on any atom is -0.481 e. The topological polar surface area (TPSA) is 82.5 Å². The third-order valence-corrected chi connectivity index (χ3v) is 7.15. The number of amides is 1. The number of rotatable bonds is 4. The van der Waals surface area contributed by atoms with E-state index >= 15 is 0 Å². The molecule has 1 saturated heterocycles. The number of carboxylic acid groups (broad SMARTS) is 1. The number of para-hydroxylation sites is 1. The molecule has 6 nitrogen and oxygen atoms in total. The number of piperidine rings is 1. The first-order valence-electron chi connectivity index (χ1n) is 11.4. The third-order valence-electron chi connectivity index (χ3n) is 7.15. The summed E-state index contributed by atoms with van der Waals surface area (Å²) in [6, 6.07) is 10.4. The lowest BCUT2D eigenvalue weighted by atomic mass is 9.73. The van der Waals surface area contributed by atoms with Gasteiger partial charge in [-0.2, -0.15) is 0 Å². The van der Waals surface area contributed by atoms with Crippen molar-refractivity contribution in [3.8, 4) is 0 Å². The van der Waals surface area contributed by atoms with Gasteiger partial charge < -0.3 is 15.3 Å². The molecule has 0 bridgehead atoms. The minimum absolute atomic E-state index is 0.0266. The first-order valence-corrected chi connectivity index (χ1v) is 11.4. The first-order chi connectivity index (χ1) is 14.7. The number of nitrogens with zero attached hydrogens (tertiary/aromatic N) is 2. The lowest BCUT2D eigenvalue weighted by Gasteiger charge is -2.44. The Kier molecular flexibility index (Phi) is 5.91. The Morgan fingerprint density at radius 3 is 2.71 bits per heavy atom. The van der Waals surface area contributed by atoms with E-state index in [0.29, 0.717) is 12.8 Å². The summed E-state index contributed by atoms with van der Waals surface area (Å²) in [5, 5.41) is 13.6. The lowest BCUT2D eigenvalue weighted by molar-refractivity contribution is -0.143. The van der Waals surface area contributed by atoms with Gasteiger partial charge in [0.05, 0.1) is 11.4 Å². The average molecular weight is 424 g/mol. The molecule has 1 aromatic heterocycles. The Balaban J connectivity index is 1.44. The maximum Gasteiger partial charge on any atom is 0.306 e. The van der Waals surface area contributed by atoms with Gasteiger partial charge in [-0.3, -0.25) is 9.59 Å². The van der Waals surface area contributed by atoms with Crippen molar-refractivity contribution in [1.29, 1.82) is 0 Å². The summed E-state index contributed by atoms with van der Waals surface area (Å²) in [6.07, 6.45) is 3.75. The van der Waals surface area contributed by atoms with E-state index < -0.39 is 5.97 Å². The first kappa shape index (κ1) is 21.6. The van der Waals surface area contributed by atoms with E-state index in [1.54, 1.807) is 0 Å². The van der Waals surface area contributed by atoms with Crippen molar-refractivity contribution >= 4 is 28.6 Å². The Bertz CT molecular complexity index is 987. The maximum atomic E-state index is 13.1. The summed E-state index contributed by atoms with van der Waals surface area (Å²) in [7, 11) is 0. The van der Waals surface area contributed by atoms with Crippen molar-refractivity contribution in [3.63, 3.8) is 0 Å². The van der Waals surface area contributed by atoms with Crippen molar-refractivity contribution < 1.29 is 14.7 Å². The Labute approximate surface area is 184 Å². The Hall–Kier alpha value is -2.63. The molecular formula is C25H33N3O3. The summed E-state index contributed by atoms with van der Waals surface area (Å²) >= 11 is 0. The number of aromatic nitrogens is 1. The van der Waals surface area contributed by atoms with Crippen LogP contribution in [0, 0.1) is 24.2 Å². The zero-order valence-electron chi connectivity index (χ0n) is 18.7. The number of nitrogens with one attached hydrogen (secondary N) is 1. The molecular weight excluding hydrogens is 390 g/mol.